The Morgan fingerprint density at radius 3 is 2.23 bits per heavy atom. The molecular weight excluding hydrogens is 522 g/mol. The third kappa shape index (κ3) is 5.83. The van der Waals surface area contributed by atoms with Crippen LogP contribution in [0.5, 0.6) is 11.5 Å². The molecule has 13 heteroatoms. The molecule has 1 aromatic carbocycles. The molecule has 39 heavy (non-hydrogen) atoms. The highest BCUT2D eigenvalue weighted by atomic mass is 32.2. The van der Waals surface area contributed by atoms with Crippen LogP contribution in [0.25, 0.3) is 17.1 Å². The maximum atomic E-state index is 13.7. The van der Waals surface area contributed by atoms with Crippen molar-refractivity contribution in [1.29, 1.82) is 0 Å². The number of para-hydroxylation sites is 1. The van der Waals surface area contributed by atoms with E-state index in [1.54, 1.807) is 49.9 Å². The van der Waals surface area contributed by atoms with Crippen molar-refractivity contribution in [2.75, 3.05) is 25.5 Å². The summed E-state index contributed by atoms with van der Waals surface area (Å²) in [4.78, 5) is 12.9. The van der Waals surface area contributed by atoms with Crippen LogP contribution in [-0.2, 0) is 14.8 Å². The molecule has 4 rings (SSSR count). The number of nitrogens with zero attached hydrogens (tertiary/aromatic N) is 6. The number of hydrogen-bond donors (Lipinski definition) is 1. The van der Waals surface area contributed by atoms with E-state index in [1.165, 1.54) is 25.7 Å². The minimum atomic E-state index is -4.12. The molecule has 3 heterocycles. The molecule has 0 aliphatic carbocycles. The van der Waals surface area contributed by atoms with Gasteiger partial charge in [-0.2, -0.15) is 0 Å². The van der Waals surface area contributed by atoms with Crippen molar-refractivity contribution in [2.24, 2.45) is 0 Å². The topological polar surface area (TPSA) is 143 Å². The van der Waals surface area contributed by atoms with Gasteiger partial charge in [0.15, 0.2) is 11.6 Å². The molecule has 3 aromatic heterocycles. The number of nitrogens with one attached hydrogen (secondary N) is 1. The Balaban J connectivity index is 1.84. The fourth-order valence-corrected chi connectivity index (χ4v) is 5.11. The lowest BCUT2D eigenvalue weighted by molar-refractivity contribution is 0.0557. The van der Waals surface area contributed by atoms with E-state index >= 15 is 0 Å². The molecule has 0 saturated heterocycles. The smallest absolute Gasteiger partial charge is 0.243 e. The number of benzene rings is 1. The third-order valence-electron chi connectivity index (χ3n) is 5.97. The summed E-state index contributed by atoms with van der Waals surface area (Å²) in [6, 6.07) is 7.10. The fraction of sp³-hybridized carbons (Fsp3) is 0.346. The van der Waals surface area contributed by atoms with E-state index in [0.717, 1.165) is 11.1 Å². The SMILES string of the molecule is CCOC(c1ncc(C)cn1)C(C)S(=O)(=O)Nc1nnc(-c2cncc(C)c2)n1-c1c(OC)cccc1OC. The molecule has 2 unspecified atom stereocenters. The van der Waals surface area contributed by atoms with Gasteiger partial charge in [0.25, 0.3) is 0 Å². The van der Waals surface area contributed by atoms with Crippen LogP contribution >= 0.6 is 0 Å². The maximum Gasteiger partial charge on any atom is 0.243 e. The zero-order chi connectivity index (χ0) is 28.2. The van der Waals surface area contributed by atoms with Crippen LogP contribution in [0.15, 0.2) is 49.1 Å². The van der Waals surface area contributed by atoms with Crippen LogP contribution < -0.4 is 14.2 Å². The van der Waals surface area contributed by atoms with Crippen molar-refractivity contribution >= 4 is 16.0 Å². The summed E-state index contributed by atoms with van der Waals surface area (Å²) < 4.78 is 48.7. The fourth-order valence-electron chi connectivity index (χ4n) is 4.01. The van der Waals surface area contributed by atoms with Crippen molar-refractivity contribution in [3.05, 3.63) is 66.0 Å². The average molecular weight is 554 g/mol. The number of anilines is 1. The third-order valence-corrected chi connectivity index (χ3v) is 7.67. The summed E-state index contributed by atoms with van der Waals surface area (Å²) in [6.07, 6.45) is 5.64. The minimum absolute atomic E-state index is 0.0683. The molecule has 0 fully saturated rings. The number of methoxy groups -OCH3 is 2. The highest BCUT2D eigenvalue weighted by Crippen LogP contribution is 2.38. The van der Waals surface area contributed by atoms with Gasteiger partial charge in [0, 0.05) is 37.0 Å². The van der Waals surface area contributed by atoms with Gasteiger partial charge in [0.2, 0.25) is 16.0 Å². The largest absolute Gasteiger partial charge is 0.494 e. The second-order valence-corrected chi connectivity index (χ2v) is 10.8. The van der Waals surface area contributed by atoms with Crippen molar-refractivity contribution in [2.45, 2.75) is 39.0 Å². The van der Waals surface area contributed by atoms with E-state index in [-0.39, 0.29) is 18.4 Å². The molecule has 12 nitrogen and oxygen atoms in total. The molecule has 0 aliphatic heterocycles. The molecule has 2 atom stereocenters. The summed E-state index contributed by atoms with van der Waals surface area (Å²) in [6.45, 7) is 7.32. The number of ether oxygens (including phenoxy) is 3. The first-order valence-electron chi connectivity index (χ1n) is 12.2. The molecule has 0 saturated carbocycles. The Labute approximate surface area is 227 Å². The molecule has 0 aliphatic rings. The Kier molecular flexibility index (Phi) is 8.41. The molecular formula is C26H31N7O5S. The lowest BCUT2D eigenvalue weighted by atomic mass is 10.2. The van der Waals surface area contributed by atoms with Gasteiger partial charge in [-0.1, -0.05) is 6.07 Å². The van der Waals surface area contributed by atoms with E-state index in [4.69, 9.17) is 14.2 Å². The Morgan fingerprint density at radius 1 is 0.974 bits per heavy atom. The van der Waals surface area contributed by atoms with Crippen molar-refractivity contribution in [1.82, 2.24) is 29.7 Å². The zero-order valence-corrected chi connectivity index (χ0v) is 23.4. The lowest BCUT2D eigenvalue weighted by Crippen LogP contribution is -2.34. The summed E-state index contributed by atoms with van der Waals surface area (Å²) in [5, 5.41) is 7.46. The monoisotopic (exact) mass is 553 g/mol. The van der Waals surface area contributed by atoms with E-state index in [9.17, 15) is 8.42 Å². The average Bonchev–Trinajstić information content (AvgIpc) is 3.33. The predicted octanol–water partition coefficient (Wildman–Crippen LogP) is 3.66. The molecule has 206 valence electrons. The molecule has 0 amide bonds. The van der Waals surface area contributed by atoms with E-state index in [0.29, 0.717) is 28.6 Å². The van der Waals surface area contributed by atoms with Crippen LogP contribution in [0.2, 0.25) is 0 Å². The van der Waals surface area contributed by atoms with Crippen molar-refractivity contribution < 1.29 is 22.6 Å². The van der Waals surface area contributed by atoms with Crippen LogP contribution in [0.1, 0.15) is 36.9 Å². The van der Waals surface area contributed by atoms with Gasteiger partial charge in [-0.15, -0.1) is 10.2 Å². The van der Waals surface area contributed by atoms with Crippen LogP contribution in [0.4, 0.5) is 5.95 Å². The Bertz CT molecular complexity index is 1520. The van der Waals surface area contributed by atoms with Crippen molar-refractivity contribution in [3.8, 4) is 28.6 Å². The predicted molar refractivity (Wildman–Crippen MR) is 146 cm³/mol. The summed E-state index contributed by atoms with van der Waals surface area (Å²) in [5.41, 5.74) is 2.77. The van der Waals surface area contributed by atoms with Crippen LogP contribution in [0.3, 0.4) is 0 Å². The summed E-state index contributed by atoms with van der Waals surface area (Å²) in [7, 11) is -1.09. The van der Waals surface area contributed by atoms with Gasteiger partial charge < -0.3 is 14.2 Å². The number of hydrogen-bond acceptors (Lipinski definition) is 10. The number of pyridine rings is 1. The molecule has 4 aromatic rings. The van der Waals surface area contributed by atoms with Gasteiger partial charge in [-0.25, -0.2) is 18.4 Å². The molecule has 0 bridgehead atoms. The lowest BCUT2D eigenvalue weighted by Gasteiger charge is -2.23. The van der Waals surface area contributed by atoms with Crippen LogP contribution in [0, 0.1) is 13.8 Å². The highest BCUT2D eigenvalue weighted by molar-refractivity contribution is 7.93. The number of sulfonamides is 1. The summed E-state index contributed by atoms with van der Waals surface area (Å²) >= 11 is 0. The highest BCUT2D eigenvalue weighted by Gasteiger charge is 2.35. The van der Waals surface area contributed by atoms with E-state index < -0.39 is 21.4 Å². The second-order valence-electron chi connectivity index (χ2n) is 8.79. The first-order chi connectivity index (χ1) is 18.7. The zero-order valence-electron chi connectivity index (χ0n) is 22.6. The molecule has 0 spiro atoms. The van der Waals surface area contributed by atoms with Crippen molar-refractivity contribution in [3.63, 3.8) is 0 Å². The molecule has 1 N–H and O–H groups in total. The minimum Gasteiger partial charge on any atom is -0.494 e. The normalized spacial score (nSPS) is 13.1. The van der Waals surface area contributed by atoms with E-state index in [1.807, 2.05) is 19.9 Å². The van der Waals surface area contributed by atoms with Gasteiger partial charge in [-0.3, -0.25) is 14.3 Å². The first-order valence-corrected chi connectivity index (χ1v) is 13.7. The first kappa shape index (κ1) is 27.9. The Hall–Kier alpha value is -4.10. The van der Waals surface area contributed by atoms with Gasteiger partial charge in [0.05, 0.1) is 14.2 Å². The van der Waals surface area contributed by atoms with Gasteiger partial charge >= 0.3 is 0 Å². The second kappa shape index (κ2) is 11.7. The molecule has 0 radical (unpaired) electrons. The number of rotatable bonds is 11. The number of aromatic nitrogens is 6. The van der Waals surface area contributed by atoms with Gasteiger partial charge in [-0.05, 0) is 57.0 Å². The standard InChI is InChI=1S/C26H31N7O5S/c1-7-38-23(24-28-13-17(3)14-29-24)18(4)39(34,35)32-26-31-30-25(19-11-16(2)12-27-15-19)33(26)22-20(36-5)9-8-10-21(22)37-6/h8-15,18,23H,7H2,1-6H3,(H,31,32). The van der Waals surface area contributed by atoms with E-state index in [2.05, 4.69) is 29.9 Å². The van der Waals surface area contributed by atoms with Gasteiger partial charge in [0.1, 0.15) is 28.5 Å². The summed E-state index contributed by atoms with van der Waals surface area (Å²) in [5.74, 6) is 1.37. The van der Waals surface area contributed by atoms with Crippen LogP contribution in [-0.4, -0.2) is 64.2 Å². The number of aryl methyl sites for hydroxylation is 2. The maximum absolute atomic E-state index is 13.7. The Morgan fingerprint density at radius 2 is 1.64 bits per heavy atom. The quantitative estimate of drug-likeness (QED) is 0.292.